The molecule has 5 rings (SSSR count). The normalized spacial score (nSPS) is 24.8. The molecule has 0 saturated carbocycles. The third-order valence-electron chi connectivity index (χ3n) is 8.02. The molecule has 55 heavy (non-hydrogen) atoms. The van der Waals surface area contributed by atoms with Gasteiger partial charge in [0.15, 0.2) is 23.6 Å². The number of aromatic amines is 1. The second-order valence-corrected chi connectivity index (χ2v) is 14.7. The molecule has 0 spiro atoms. The van der Waals surface area contributed by atoms with E-state index in [1.54, 1.807) is 0 Å². The molecule has 3 aromatic rings. The van der Waals surface area contributed by atoms with Crippen LogP contribution in [0.25, 0.3) is 11.2 Å². The molecular weight excluding hydrogens is 809 g/mol. The number of carboxylic acid groups (broad SMARTS) is 1. The van der Waals surface area contributed by atoms with Gasteiger partial charge in [-0.3, -0.25) is 28.0 Å². The van der Waals surface area contributed by atoms with Crippen LogP contribution in [-0.4, -0.2) is 97.5 Å². The second kappa shape index (κ2) is 22.1. The first-order valence-electron chi connectivity index (χ1n) is 15.7. The van der Waals surface area contributed by atoms with Crippen molar-refractivity contribution in [2.24, 2.45) is 0 Å². The van der Waals surface area contributed by atoms with Gasteiger partial charge in [0, 0.05) is 32.2 Å². The van der Waals surface area contributed by atoms with Crippen LogP contribution in [0.15, 0.2) is 28.2 Å². The Morgan fingerprint density at radius 1 is 1.05 bits per heavy atom. The van der Waals surface area contributed by atoms with Crippen LogP contribution < -0.4 is 131 Å². The number of fused-ring (bicyclic) bond motifs is 1. The number of rotatable bonds is 18. The number of aliphatic hydroxyl groups excluding tert-OH is 1. The number of hydrogen-bond donors (Lipinski definition) is 5. The number of nitrogens with two attached hydrogens (primary N) is 2. The summed E-state index contributed by atoms with van der Waals surface area (Å²) < 4.78 is 61.8. The standard InChI is InChI=1S/C26H39N9O15P2.3Na/c1-45-20-19(15(11-47-52(42,43)44)49-24(20)35-12-29-18-21(35)32-25(28)33-22(18)39)50-51(41,30-7-4-2-3-5-17(37)38)46-10-13-9-14(36)23(48-13)34-8-6-16(27)31-26(34)40;;;/h6,8,12-15,19-20,23-24,36H,2-5,7,9-11H2,1H3,(H,30,41)(H,37,38)(H2,27,31,40)(H2,42,43,44)(H3,28,32,33,39);;;/q;3*+1/p-3/t13-,14+,15+,19+,20+,23+,24+,51+;;;/m0.../s1. The van der Waals surface area contributed by atoms with Gasteiger partial charge in [0.25, 0.3) is 5.56 Å². The van der Waals surface area contributed by atoms with E-state index in [0.717, 1.165) is 10.9 Å². The second-order valence-electron chi connectivity index (χ2n) is 11.7. The third kappa shape index (κ3) is 13.4. The number of aliphatic hydroxyl groups is 1. The summed E-state index contributed by atoms with van der Waals surface area (Å²) in [5.74, 6) is -1.54. The molecule has 29 heteroatoms. The van der Waals surface area contributed by atoms with E-state index in [1.807, 2.05) is 0 Å². The summed E-state index contributed by atoms with van der Waals surface area (Å²) in [5, 5.41) is 24.1. The Balaban J connectivity index is 0.00000348. The zero-order valence-electron chi connectivity index (χ0n) is 30.4. The predicted octanol–water partition coefficient (Wildman–Crippen LogP) is -12.6. The Labute approximate surface area is 378 Å². The van der Waals surface area contributed by atoms with Crippen molar-refractivity contribution in [2.75, 3.05) is 38.3 Å². The van der Waals surface area contributed by atoms with Crippen molar-refractivity contribution in [3.63, 3.8) is 0 Å². The van der Waals surface area contributed by atoms with E-state index in [1.165, 1.54) is 23.9 Å². The van der Waals surface area contributed by atoms with Gasteiger partial charge in [-0.2, -0.15) is 9.97 Å². The summed E-state index contributed by atoms with van der Waals surface area (Å²) in [5.41, 5.74) is 9.59. The van der Waals surface area contributed by atoms with E-state index in [4.69, 9.17) is 34.7 Å². The fourth-order valence-electron chi connectivity index (χ4n) is 5.69. The SMILES string of the molecule is CO[C@@H]1[C@H](O[P@@](=O)(NCCCCCC(=O)[O-])OC[C@@H]2C[C@@H](O)[C@H](n3ccc(N)nc3=O)O2)[C@@H](COP(=O)([O-])[O-])O[C@H]1n1cnc2c(=O)[nH]c(N)nc21.[Na+].[Na+].[Na+]. The number of unbranched alkanes of at least 4 members (excludes halogenated alkanes) is 2. The topological polar surface area (TPSA) is 359 Å². The third-order valence-corrected chi connectivity index (χ3v) is 10.1. The number of ether oxygens (including phenoxy) is 3. The quantitative estimate of drug-likeness (QED) is 0.0451. The average molecular weight is 846 g/mol. The van der Waals surface area contributed by atoms with Crippen LogP contribution in [0.5, 0.6) is 0 Å². The average Bonchev–Trinajstić information content (AvgIpc) is 3.75. The molecule has 5 heterocycles. The zero-order valence-corrected chi connectivity index (χ0v) is 38.2. The minimum atomic E-state index is -5.57. The molecule has 2 fully saturated rings. The number of nitrogen functional groups attached to an aromatic ring is 2. The molecule has 0 bridgehead atoms. The van der Waals surface area contributed by atoms with Crippen LogP contribution >= 0.6 is 15.6 Å². The molecule has 8 atom stereocenters. The number of aromatic nitrogens is 6. The molecule has 0 aliphatic carbocycles. The largest absolute Gasteiger partial charge is 1.00 e. The van der Waals surface area contributed by atoms with E-state index < -0.39 is 89.0 Å². The number of phosphoric acid groups is 1. The number of imidazole rings is 1. The number of nitrogens with zero attached hydrogens (tertiary/aromatic N) is 5. The number of methoxy groups -OCH3 is 1. The summed E-state index contributed by atoms with van der Waals surface area (Å²) in [6, 6.07) is 1.33. The van der Waals surface area contributed by atoms with Gasteiger partial charge in [-0.1, -0.05) is 6.42 Å². The number of nitrogens with one attached hydrogen (secondary N) is 2. The maximum Gasteiger partial charge on any atom is 1.00 e. The number of hydrogen-bond acceptors (Lipinski definition) is 20. The number of anilines is 2. The molecule has 0 amide bonds. The van der Waals surface area contributed by atoms with Crippen LogP contribution in [0, 0.1) is 0 Å². The van der Waals surface area contributed by atoms with Gasteiger partial charge < -0.3 is 59.6 Å². The molecular formula is C26H36N9Na3O15P2. The Bertz CT molecular complexity index is 1950. The molecule has 0 unspecified atom stereocenters. The van der Waals surface area contributed by atoms with Crippen LogP contribution in [-0.2, 0) is 41.7 Å². The number of carbonyl (C=O) groups excluding carboxylic acids is 1. The van der Waals surface area contributed by atoms with Gasteiger partial charge >= 0.3 is 102 Å². The Morgan fingerprint density at radius 2 is 1.78 bits per heavy atom. The molecule has 0 radical (unpaired) electrons. The molecule has 2 aliphatic rings. The van der Waals surface area contributed by atoms with Crippen LogP contribution in [0.4, 0.5) is 11.8 Å². The fourth-order valence-corrected chi connectivity index (χ4v) is 7.61. The first kappa shape index (κ1) is 50.5. The first-order chi connectivity index (χ1) is 24.6. The molecule has 2 saturated heterocycles. The smallest absolute Gasteiger partial charge is 0.790 e. The Kier molecular flexibility index (Phi) is 20.3. The van der Waals surface area contributed by atoms with E-state index >= 15 is 0 Å². The first-order valence-corrected chi connectivity index (χ1v) is 18.7. The molecule has 288 valence electrons. The molecule has 0 aromatic carbocycles. The summed E-state index contributed by atoms with van der Waals surface area (Å²) in [4.78, 5) is 72.5. The van der Waals surface area contributed by atoms with Crippen LogP contribution in [0.2, 0.25) is 0 Å². The number of phosphoric ester groups is 1. The van der Waals surface area contributed by atoms with Gasteiger partial charge in [0.05, 0.1) is 33.5 Å². The van der Waals surface area contributed by atoms with Gasteiger partial charge in [0.1, 0.15) is 30.2 Å². The Morgan fingerprint density at radius 3 is 2.44 bits per heavy atom. The van der Waals surface area contributed by atoms with Crippen molar-refractivity contribution < 1.29 is 150 Å². The summed E-state index contributed by atoms with van der Waals surface area (Å²) >= 11 is 0. The summed E-state index contributed by atoms with van der Waals surface area (Å²) in [6.07, 6.45) is -5.85. The van der Waals surface area contributed by atoms with Crippen molar-refractivity contribution in [1.29, 1.82) is 0 Å². The number of H-pyrrole nitrogens is 1. The van der Waals surface area contributed by atoms with Crippen LogP contribution in [0.1, 0.15) is 44.6 Å². The Hall–Kier alpha value is -0.640. The zero-order chi connectivity index (χ0) is 37.8. The van der Waals surface area contributed by atoms with Crippen molar-refractivity contribution in [2.45, 2.75) is 75.1 Å². The van der Waals surface area contributed by atoms with E-state index in [0.29, 0.717) is 12.8 Å². The van der Waals surface area contributed by atoms with E-state index in [2.05, 4.69) is 29.5 Å². The molecule has 2 aliphatic heterocycles. The number of aliphatic carboxylic acids is 1. The summed E-state index contributed by atoms with van der Waals surface area (Å²) in [7, 11) is -8.88. The van der Waals surface area contributed by atoms with E-state index in [-0.39, 0.29) is 137 Å². The van der Waals surface area contributed by atoms with Crippen LogP contribution in [0.3, 0.4) is 0 Å². The maximum atomic E-state index is 14.4. The maximum absolute atomic E-state index is 14.4. The summed E-state index contributed by atoms with van der Waals surface area (Å²) in [6.45, 7) is -1.46. The van der Waals surface area contributed by atoms with Gasteiger partial charge in [-0.05, 0) is 25.3 Å². The monoisotopic (exact) mass is 845 g/mol. The van der Waals surface area contributed by atoms with Crippen molar-refractivity contribution in [3.05, 3.63) is 39.4 Å². The molecule has 24 nitrogen and oxygen atoms in total. The van der Waals surface area contributed by atoms with Gasteiger partial charge in [-0.15, -0.1) is 0 Å². The van der Waals surface area contributed by atoms with Crippen molar-refractivity contribution in [3.8, 4) is 0 Å². The predicted molar refractivity (Wildman–Crippen MR) is 168 cm³/mol. The van der Waals surface area contributed by atoms with Gasteiger partial charge in [0.2, 0.25) is 5.95 Å². The minimum absolute atomic E-state index is 0. The number of carbonyl (C=O) groups is 1. The van der Waals surface area contributed by atoms with Gasteiger partial charge in [-0.25, -0.2) is 19.4 Å². The minimum Gasteiger partial charge on any atom is -0.790 e. The molecule has 3 aromatic heterocycles. The van der Waals surface area contributed by atoms with Crippen molar-refractivity contribution in [1.82, 2.24) is 34.2 Å². The van der Waals surface area contributed by atoms with E-state index in [9.17, 15) is 43.5 Å². The fraction of sp³-hybridized carbons (Fsp3) is 0.615. The number of carboxylic acids is 1. The van der Waals surface area contributed by atoms with Crippen molar-refractivity contribution >= 4 is 44.5 Å². The molecule has 7 N–H and O–H groups in total.